The van der Waals surface area contributed by atoms with Crippen LogP contribution in [-0.2, 0) is 29.1 Å². The molecule has 0 aliphatic carbocycles. The first-order chi connectivity index (χ1) is 12.2. The van der Waals surface area contributed by atoms with Crippen LogP contribution in [0.1, 0.15) is 38.8 Å². The van der Waals surface area contributed by atoms with Crippen molar-refractivity contribution in [2.45, 2.75) is 36.0 Å². The van der Waals surface area contributed by atoms with E-state index in [4.69, 9.17) is 0 Å². The Kier molecular flexibility index (Phi) is 8.56. The number of hydrogen-bond acceptors (Lipinski definition) is 2. The molecule has 0 N–H and O–H groups in total. The zero-order valence-corrected chi connectivity index (χ0v) is 18.9. The van der Waals surface area contributed by atoms with E-state index in [1.165, 1.54) is 19.4 Å². The Balaban J connectivity index is 2.50. The Labute approximate surface area is 160 Å². The van der Waals surface area contributed by atoms with Gasteiger partial charge in [-0.05, 0) is 0 Å². The minimum atomic E-state index is -2.83. The summed E-state index contributed by atoms with van der Waals surface area (Å²) in [6.45, 7) is 14.0. The molecule has 0 amide bonds. The van der Waals surface area contributed by atoms with Crippen molar-refractivity contribution in [2.24, 2.45) is 0 Å². The molecule has 0 radical (unpaired) electrons. The first kappa shape index (κ1) is 20.6. The van der Waals surface area contributed by atoms with Crippen molar-refractivity contribution in [3.8, 4) is 0 Å². The molecule has 2 aromatic rings. The summed E-state index contributed by atoms with van der Waals surface area (Å²) >= 11 is -2.83. The number of nitrogens with zero attached hydrogens (tertiary/aromatic N) is 2. The normalized spacial score (nSPS) is 12.1. The molecule has 0 bridgehead atoms. The first-order valence-corrected chi connectivity index (χ1v) is 15.5. The maximum absolute atomic E-state index is 2.86. The molecule has 0 saturated carbocycles. The molecule has 0 fully saturated rings. The Morgan fingerprint density at radius 1 is 0.560 bits per heavy atom. The van der Waals surface area contributed by atoms with Gasteiger partial charge in [-0.1, -0.05) is 0 Å². The van der Waals surface area contributed by atoms with Gasteiger partial charge in [0.05, 0.1) is 0 Å². The average molecular weight is 418 g/mol. The van der Waals surface area contributed by atoms with Crippen molar-refractivity contribution in [2.75, 3.05) is 26.2 Å². The van der Waals surface area contributed by atoms with E-state index in [-0.39, 0.29) is 0 Å². The molecular formula is C22H34N2Zr. The summed E-state index contributed by atoms with van der Waals surface area (Å²) in [5.74, 6) is 0. The first-order valence-electron chi connectivity index (χ1n) is 9.78. The Hall–Kier alpha value is -0.757. The third kappa shape index (κ3) is 5.12. The van der Waals surface area contributed by atoms with E-state index in [1.807, 2.05) is 0 Å². The van der Waals surface area contributed by atoms with E-state index in [2.05, 4.69) is 94.0 Å². The van der Waals surface area contributed by atoms with E-state index < -0.39 is 20.8 Å². The molecule has 2 aromatic carbocycles. The average Bonchev–Trinajstić information content (AvgIpc) is 2.65. The molecule has 3 heteroatoms. The van der Waals surface area contributed by atoms with Crippen LogP contribution in [0.15, 0.2) is 60.7 Å². The summed E-state index contributed by atoms with van der Waals surface area (Å²) in [4.78, 5) is 0. The summed E-state index contributed by atoms with van der Waals surface area (Å²) in [5.41, 5.74) is 3.01. The second kappa shape index (κ2) is 10.4. The fourth-order valence-corrected chi connectivity index (χ4v) is 17.8. The summed E-state index contributed by atoms with van der Waals surface area (Å²) in [6, 6.07) is 22.3. The molecule has 25 heavy (non-hydrogen) atoms. The monoisotopic (exact) mass is 416 g/mol. The zero-order chi connectivity index (χ0) is 18.1. The summed E-state index contributed by atoms with van der Waals surface area (Å²) < 4.78 is 8.24. The van der Waals surface area contributed by atoms with Gasteiger partial charge in [-0.2, -0.15) is 0 Å². The van der Waals surface area contributed by atoms with Gasteiger partial charge >= 0.3 is 160 Å². The molecule has 0 aromatic heterocycles. The minimum absolute atomic E-state index is 1.16. The van der Waals surface area contributed by atoms with Crippen molar-refractivity contribution in [3.05, 3.63) is 71.8 Å². The third-order valence-corrected chi connectivity index (χ3v) is 19.1. The summed E-state index contributed by atoms with van der Waals surface area (Å²) in [6.07, 6.45) is 0. The Bertz CT molecular complexity index is 536. The summed E-state index contributed by atoms with van der Waals surface area (Å²) in [5, 5.41) is 0. The fourth-order valence-electron chi connectivity index (χ4n) is 4.18. The van der Waals surface area contributed by atoms with Gasteiger partial charge in [-0.25, -0.2) is 0 Å². The van der Waals surface area contributed by atoms with Crippen molar-refractivity contribution < 1.29 is 20.8 Å². The van der Waals surface area contributed by atoms with E-state index in [0.717, 1.165) is 26.2 Å². The molecule has 0 unspecified atom stereocenters. The van der Waals surface area contributed by atoms with Gasteiger partial charge in [0.2, 0.25) is 0 Å². The van der Waals surface area contributed by atoms with E-state index in [9.17, 15) is 0 Å². The van der Waals surface area contributed by atoms with E-state index in [0.29, 0.717) is 0 Å². The van der Waals surface area contributed by atoms with Crippen LogP contribution in [0.2, 0.25) is 0 Å². The maximum atomic E-state index is 2.86. The second-order valence-electron chi connectivity index (χ2n) is 6.65. The predicted molar refractivity (Wildman–Crippen MR) is 106 cm³/mol. The van der Waals surface area contributed by atoms with E-state index >= 15 is 0 Å². The Morgan fingerprint density at radius 3 is 1.16 bits per heavy atom. The van der Waals surface area contributed by atoms with Gasteiger partial charge in [-0.3, -0.25) is 0 Å². The van der Waals surface area contributed by atoms with Crippen molar-refractivity contribution in [1.29, 1.82) is 0 Å². The van der Waals surface area contributed by atoms with Gasteiger partial charge < -0.3 is 0 Å². The number of rotatable bonds is 10. The van der Waals surface area contributed by atoms with Crippen LogP contribution in [0.5, 0.6) is 0 Å². The van der Waals surface area contributed by atoms with Crippen LogP contribution >= 0.6 is 0 Å². The predicted octanol–water partition coefficient (Wildman–Crippen LogP) is 5.05. The SMILES string of the molecule is CC[N](CC)[Zr]([CH2]c1ccccc1)([CH2]c1ccccc1)[N](CC)CC. The van der Waals surface area contributed by atoms with Gasteiger partial charge in [-0.15, -0.1) is 0 Å². The van der Waals surface area contributed by atoms with Crippen molar-refractivity contribution >= 4 is 0 Å². The van der Waals surface area contributed by atoms with Gasteiger partial charge in [0.25, 0.3) is 0 Å². The molecule has 2 nitrogen and oxygen atoms in total. The van der Waals surface area contributed by atoms with Crippen LogP contribution in [0.25, 0.3) is 0 Å². The number of hydrogen-bond donors (Lipinski definition) is 0. The molecule has 2 rings (SSSR count). The molecule has 0 heterocycles. The molecule has 0 saturated heterocycles. The quantitative estimate of drug-likeness (QED) is 0.533. The van der Waals surface area contributed by atoms with Gasteiger partial charge in [0.1, 0.15) is 0 Å². The molecule has 0 atom stereocenters. The van der Waals surface area contributed by atoms with Crippen molar-refractivity contribution in [3.63, 3.8) is 0 Å². The fraction of sp³-hybridized carbons (Fsp3) is 0.455. The third-order valence-electron chi connectivity index (χ3n) is 5.36. The molecule has 136 valence electrons. The second-order valence-corrected chi connectivity index (χ2v) is 16.3. The zero-order valence-electron chi connectivity index (χ0n) is 16.4. The van der Waals surface area contributed by atoms with Crippen LogP contribution in [-0.4, -0.2) is 31.9 Å². The van der Waals surface area contributed by atoms with Crippen molar-refractivity contribution in [1.82, 2.24) is 5.69 Å². The van der Waals surface area contributed by atoms with Crippen LogP contribution in [0.4, 0.5) is 0 Å². The molecule has 0 spiro atoms. The van der Waals surface area contributed by atoms with Crippen LogP contribution < -0.4 is 0 Å². The number of benzene rings is 2. The molecule has 0 aliphatic heterocycles. The van der Waals surface area contributed by atoms with Crippen LogP contribution in [0.3, 0.4) is 0 Å². The van der Waals surface area contributed by atoms with E-state index in [1.54, 1.807) is 0 Å². The Morgan fingerprint density at radius 2 is 0.880 bits per heavy atom. The van der Waals surface area contributed by atoms with Gasteiger partial charge in [0.15, 0.2) is 0 Å². The summed E-state index contributed by atoms with van der Waals surface area (Å²) in [7, 11) is 0. The molecule has 0 aliphatic rings. The standard InChI is InChI=1S/2C7H7.2C4H10N.Zr/c2*1-7-5-3-2-4-6-7;2*1-3-5-4-2;/h2*2-6H,1H2;2*3-4H2,1-2H3;/q;;2*-1;+2. The topological polar surface area (TPSA) is 6.48 Å². The molecular weight excluding hydrogens is 383 g/mol. The van der Waals surface area contributed by atoms with Crippen LogP contribution in [0, 0.1) is 0 Å². The van der Waals surface area contributed by atoms with Gasteiger partial charge in [0, 0.05) is 0 Å².